The zero-order valence-corrected chi connectivity index (χ0v) is 19.4. The molecule has 0 unspecified atom stereocenters. The molecule has 6 nitrogen and oxygen atoms in total. The van der Waals surface area contributed by atoms with Crippen molar-refractivity contribution >= 4 is 35.5 Å². The number of benzene rings is 2. The van der Waals surface area contributed by atoms with Gasteiger partial charge in [0, 0.05) is 31.0 Å². The van der Waals surface area contributed by atoms with Crippen LogP contribution < -0.4 is 0 Å². The average molecular weight is 466 g/mol. The number of hydrogen-bond donors (Lipinski definition) is 2. The van der Waals surface area contributed by atoms with Gasteiger partial charge in [0.25, 0.3) is 0 Å². The van der Waals surface area contributed by atoms with Gasteiger partial charge in [-0.25, -0.2) is 0 Å². The summed E-state index contributed by atoms with van der Waals surface area (Å²) in [5, 5.41) is 16.7. The molecule has 0 fully saturated rings. The van der Waals surface area contributed by atoms with E-state index in [0.29, 0.717) is 0 Å². The summed E-state index contributed by atoms with van der Waals surface area (Å²) in [7, 11) is 0. The molecule has 0 saturated carbocycles. The van der Waals surface area contributed by atoms with Crippen LogP contribution in [-0.4, -0.2) is 44.6 Å². The van der Waals surface area contributed by atoms with E-state index in [-0.39, 0.29) is 41.9 Å². The van der Waals surface area contributed by atoms with Gasteiger partial charge in [0.15, 0.2) is 0 Å². The first-order chi connectivity index (χ1) is 11.6. The number of aliphatic carboxylic acids is 2. The largest absolute Gasteiger partial charge is 0.481 e. The SMILES string of the molecule is O.O.O=C(O)CSCc1ccccc1.O=C(O)CSCc1ccccc1.[Zn]. The maximum Gasteiger partial charge on any atom is 0.313 e. The van der Waals surface area contributed by atoms with Gasteiger partial charge in [-0.05, 0) is 11.1 Å². The number of hydrogen-bond acceptors (Lipinski definition) is 4. The zero-order valence-electron chi connectivity index (χ0n) is 14.8. The second-order valence-electron chi connectivity index (χ2n) is 4.74. The van der Waals surface area contributed by atoms with Crippen molar-refractivity contribution in [2.24, 2.45) is 0 Å². The molecule has 2 rings (SSSR count). The summed E-state index contributed by atoms with van der Waals surface area (Å²) in [4.78, 5) is 20.3. The van der Waals surface area contributed by atoms with Crippen molar-refractivity contribution in [2.75, 3.05) is 11.5 Å². The van der Waals surface area contributed by atoms with Gasteiger partial charge in [-0.1, -0.05) is 60.7 Å². The molecule has 0 aliphatic rings. The Kier molecular flexibility index (Phi) is 21.8. The molecule has 0 bridgehead atoms. The molecule has 6 N–H and O–H groups in total. The van der Waals surface area contributed by atoms with Crippen molar-refractivity contribution in [1.29, 1.82) is 0 Å². The van der Waals surface area contributed by atoms with Gasteiger partial charge in [0.05, 0.1) is 11.5 Å². The minimum Gasteiger partial charge on any atom is -0.481 e. The molecule has 146 valence electrons. The van der Waals surface area contributed by atoms with E-state index in [4.69, 9.17) is 10.2 Å². The van der Waals surface area contributed by atoms with Gasteiger partial charge in [-0.15, -0.1) is 23.5 Å². The topological polar surface area (TPSA) is 138 Å². The first-order valence-electron chi connectivity index (χ1n) is 7.25. The molecule has 0 heterocycles. The Bertz CT molecular complexity index is 558. The van der Waals surface area contributed by atoms with Gasteiger partial charge >= 0.3 is 11.9 Å². The summed E-state index contributed by atoms with van der Waals surface area (Å²) in [6, 6.07) is 19.7. The third-order valence-corrected chi connectivity index (χ3v) is 4.65. The van der Waals surface area contributed by atoms with Gasteiger partial charge in [-0.3, -0.25) is 9.59 Å². The Balaban J connectivity index is -0.000000384. The van der Waals surface area contributed by atoms with Crippen LogP contribution in [0.1, 0.15) is 11.1 Å². The molecular weight excluding hydrogens is 442 g/mol. The molecule has 0 atom stereocenters. The molecule has 2 aromatic rings. The summed E-state index contributed by atoms with van der Waals surface area (Å²) >= 11 is 2.83. The molecule has 0 aliphatic carbocycles. The number of carboxylic acid groups (broad SMARTS) is 2. The van der Waals surface area contributed by atoms with Crippen LogP contribution >= 0.6 is 23.5 Å². The van der Waals surface area contributed by atoms with Crippen LogP contribution in [0.2, 0.25) is 0 Å². The first-order valence-corrected chi connectivity index (χ1v) is 9.56. The molecular formula is C18H24O6S2Zn. The molecule has 9 heteroatoms. The van der Waals surface area contributed by atoms with Crippen LogP contribution in [0.3, 0.4) is 0 Å². The molecule has 0 radical (unpaired) electrons. The number of carbonyl (C=O) groups is 2. The van der Waals surface area contributed by atoms with E-state index in [1.165, 1.54) is 34.7 Å². The Labute approximate surface area is 180 Å². The second-order valence-corrected chi connectivity index (χ2v) is 6.72. The monoisotopic (exact) mass is 464 g/mol. The predicted octanol–water partition coefficient (Wildman–Crippen LogP) is 2.36. The van der Waals surface area contributed by atoms with Crippen molar-refractivity contribution in [1.82, 2.24) is 0 Å². The maximum atomic E-state index is 10.2. The van der Waals surface area contributed by atoms with Crippen molar-refractivity contribution in [3.63, 3.8) is 0 Å². The van der Waals surface area contributed by atoms with Crippen molar-refractivity contribution in [3.8, 4) is 0 Å². The van der Waals surface area contributed by atoms with Crippen molar-refractivity contribution in [3.05, 3.63) is 71.8 Å². The fourth-order valence-electron chi connectivity index (χ4n) is 1.66. The van der Waals surface area contributed by atoms with E-state index in [1.807, 2.05) is 60.7 Å². The number of thioether (sulfide) groups is 2. The smallest absolute Gasteiger partial charge is 0.313 e. The summed E-state index contributed by atoms with van der Waals surface area (Å²) in [6.45, 7) is 0. The Morgan fingerprint density at radius 1 is 0.667 bits per heavy atom. The minimum absolute atomic E-state index is 0. The van der Waals surface area contributed by atoms with E-state index in [0.717, 1.165) is 11.5 Å². The normalized spacial score (nSPS) is 8.59. The summed E-state index contributed by atoms with van der Waals surface area (Å²) < 4.78 is 0. The summed E-state index contributed by atoms with van der Waals surface area (Å²) in [5.41, 5.74) is 2.34. The first kappa shape index (κ1) is 30.4. The van der Waals surface area contributed by atoms with Gasteiger partial charge in [0.1, 0.15) is 0 Å². The second kappa shape index (κ2) is 19.4. The summed E-state index contributed by atoms with van der Waals surface area (Å²) in [5.74, 6) is 0.385. The fourth-order valence-corrected chi connectivity index (χ4v) is 3.07. The fraction of sp³-hybridized carbons (Fsp3) is 0.222. The molecule has 0 aliphatic heterocycles. The Hall–Kier alpha value is -1.38. The van der Waals surface area contributed by atoms with E-state index in [2.05, 4.69) is 0 Å². The maximum absolute atomic E-state index is 10.2. The zero-order chi connectivity index (χ0) is 17.6. The molecule has 27 heavy (non-hydrogen) atoms. The van der Waals surface area contributed by atoms with E-state index < -0.39 is 11.9 Å². The minimum atomic E-state index is -0.754. The molecule has 0 aromatic heterocycles. The summed E-state index contributed by atoms with van der Waals surface area (Å²) in [6.07, 6.45) is 0. The molecule has 0 saturated heterocycles. The van der Waals surface area contributed by atoms with Crippen LogP contribution in [-0.2, 0) is 40.6 Å². The standard InChI is InChI=1S/2C9H10O2S.2H2O.Zn/c2*10-9(11)7-12-6-8-4-2-1-3-5-8;;;/h2*1-5H,6-7H2,(H,10,11);2*1H2;. The van der Waals surface area contributed by atoms with Crippen LogP contribution in [0.5, 0.6) is 0 Å². The van der Waals surface area contributed by atoms with Gasteiger partial charge in [0.2, 0.25) is 0 Å². The quantitative estimate of drug-likeness (QED) is 0.574. The van der Waals surface area contributed by atoms with Crippen LogP contribution in [0, 0.1) is 0 Å². The van der Waals surface area contributed by atoms with Gasteiger partial charge < -0.3 is 21.2 Å². The van der Waals surface area contributed by atoms with E-state index >= 15 is 0 Å². The Morgan fingerprint density at radius 3 is 1.22 bits per heavy atom. The van der Waals surface area contributed by atoms with Crippen LogP contribution in [0.15, 0.2) is 60.7 Å². The van der Waals surface area contributed by atoms with Gasteiger partial charge in [-0.2, -0.15) is 0 Å². The Morgan fingerprint density at radius 2 is 0.963 bits per heavy atom. The van der Waals surface area contributed by atoms with Crippen LogP contribution in [0.25, 0.3) is 0 Å². The van der Waals surface area contributed by atoms with E-state index in [1.54, 1.807) is 0 Å². The number of rotatable bonds is 8. The third kappa shape index (κ3) is 17.8. The molecule has 0 spiro atoms. The number of carboxylic acids is 2. The molecule has 2 aromatic carbocycles. The van der Waals surface area contributed by atoms with Crippen molar-refractivity contribution in [2.45, 2.75) is 11.5 Å². The predicted molar refractivity (Wildman–Crippen MR) is 108 cm³/mol. The van der Waals surface area contributed by atoms with Crippen LogP contribution in [0.4, 0.5) is 0 Å². The van der Waals surface area contributed by atoms with Crippen molar-refractivity contribution < 1.29 is 50.2 Å². The van der Waals surface area contributed by atoms with E-state index in [9.17, 15) is 9.59 Å². The third-order valence-electron chi connectivity index (χ3n) is 2.67. The molecule has 0 amide bonds. The average Bonchev–Trinajstić information content (AvgIpc) is 2.57.